The molecule has 1 aromatic carbocycles. The molecule has 2 N–H and O–H groups in total. The largest absolute Gasteiger partial charge is 0.389 e. The van der Waals surface area contributed by atoms with Crippen LogP contribution in [0.25, 0.3) is 21.3 Å². The topological polar surface area (TPSA) is 78.5 Å². The predicted molar refractivity (Wildman–Crippen MR) is 128 cm³/mol. The third-order valence-corrected chi connectivity index (χ3v) is 5.92. The zero-order valence-electron chi connectivity index (χ0n) is 18.2. The van der Waals surface area contributed by atoms with Crippen LogP contribution in [0.15, 0.2) is 34.4 Å². The molecule has 0 bridgehead atoms. The van der Waals surface area contributed by atoms with Crippen LogP contribution in [0.4, 0.5) is 0 Å². The Hall–Kier alpha value is -1.77. The van der Waals surface area contributed by atoms with E-state index in [-0.39, 0.29) is 5.56 Å². The van der Waals surface area contributed by atoms with E-state index >= 15 is 0 Å². The van der Waals surface area contributed by atoms with Gasteiger partial charge in [0.25, 0.3) is 5.56 Å². The lowest BCUT2D eigenvalue weighted by atomic mass is 10.1. The first-order valence-electron chi connectivity index (χ1n) is 10.6. The fourth-order valence-electron chi connectivity index (χ4n) is 3.46. The van der Waals surface area contributed by atoms with Crippen LogP contribution in [0.2, 0.25) is 5.02 Å². The van der Waals surface area contributed by atoms with Crippen molar-refractivity contribution < 1.29 is 9.84 Å². The molecule has 0 saturated heterocycles. The van der Waals surface area contributed by atoms with Crippen molar-refractivity contribution in [3.8, 4) is 11.1 Å². The molecule has 0 radical (unpaired) electrons. The summed E-state index contributed by atoms with van der Waals surface area (Å²) >= 11 is 7.44. The number of aromatic amines is 1. The lowest BCUT2D eigenvalue weighted by Crippen LogP contribution is -2.36. The van der Waals surface area contributed by atoms with Crippen LogP contribution in [-0.4, -0.2) is 52.4 Å². The molecule has 0 aliphatic rings. The van der Waals surface area contributed by atoms with Gasteiger partial charge in [-0.15, -0.1) is 11.3 Å². The summed E-state index contributed by atoms with van der Waals surface area (Å²) in [7, 11) is 0. The van der Waals surface area contributed by atoms with Crippen molar-refractivity contribution in [1.82, 2.24) is 14.9 Å². The van der Waals surface area contributed by atoms with E-state index in [2.05, 4.69) is 30.7 Å². The second kappa shape index (κ2) is 11.2. The Kier molecular flexibility index (Phi) is 8.63. The van der Waals surface area contributed by atoms with Gasteiger partial charge in [-0.2, -0.15) is 0 Å². The Balaban J connectivity index is 1.75. The molecule has 168 valence electrons. The minimum atomic E-state index is -0.584. The number of fused-ring (bicyclic) bond motifs is 1. The highest BCUT2D eigenvalue weighted by Crippen LogP contribution is 2.31. The van der Waals surface area contributed by atoms with Crippen LogP contribution < -0.4 is 5.56 Å². The number of halogens is 1. The maximum atomic E-state index is 12.9. The Bertz CT molecular complexity index is 1030. The monoisotopic (exact) mass is 463 g/mol. The van der Waals surface area contributed by atoms with E-state index in [9.17, 15) is 9.90 Å². The Morgan fingerprint density at radius 3 is 2.68 bits per heavy atom. The quantitative estimate of drug-likeness (QED) is 0.436. The molecular formula is C23H30ClN3O3S. The number of aliphatic hydroxyl groups excluding tert-OH is 1. The standard InChI is InChI=1S/C23H30ClN3O3S/c1-4-9-27(10-18(28)13-30-12-15(2)3)11-20-25-22(29)21-19(14-31-23(21)26-20)16-5-7-17(24)8-6-16/h5-8,14-15,18,28H,4,9-13H2,1-3H3,(H,25,26,29). The summed E-state index contributed by atoms with van der Waals surface area (Å²) in [4.78, 5) is 23.3. The molecule has 0 fully saturated rings. The van der Waals surface area contributed by atoms with Crippen molar-refractivity contribution in [2.24, 2.45) is 5.92 Å². The van der Waals surface area contributed by atoms with E-state index < -0.39 is 6.10 Å². The van der Waals surface area contributed by atoms with Crippen molar-refractivity contribution in [3.05, 3.63) is 50.8 Å². The maximum absolute atomic E-state index is 12.9. The van der Waals surface area contributed by atoms with Gasteiger partial charge in [-0.3, -0.25) is 9.69 Å². The van der Waals surface area contributed by atoms with Crippen LogP contribution in [0.5, 0.6) is 0 Å². The molecule has 31 heavy (non-hydrogen) atoms. The Morgan fingerprint density at radius 1 is 1.26 bits per heavy atom. The molecule has 8 heteroatoms. The highest BCUT2D eigenvalue weighted by atomic mass is 35.5. The molecule has 2 aromatic heterocycles. The van der Waals surface area contributed by atoms with Gasteiger partial charge in [0.15, 0.2) is 0 Å². The van der Waals surface area contributed by atoms with Gasteiger partial charge in [0.2, 0.25) is 0 Å². The van der Waals surface area contributed by atoms with Gasteiger partial charge in [0, 0.05) is 29.1 Å². The number of ether oxygens (including phenoxy) is 1. The first-order valence-corrected chi connectivity index (χ1v) is 11.9. The van der Waals surface area contributed by atoms with E-state index in [0.29, 0.717) is 53.3 Å². The first kappa shape index (κ1) is 23.9. The lowest BCUT2D eigenvalue weighted by molar-refractivity contribution is 0.00657. The van der Waals surface area contributed by atoms with Crippen molar-refractivity contribution in [3.63, 3.8) is 0 Å². The van der Waals surface area contributed by atoms with Gasteiger partial charge in [-0.25, -0.2) is 4.98 Å². The van der Waals surface area contributed by atoms with Crippen LogP contribution >= 0.6 is 22.9 Å². The lowest BCUT2D eigenvalue weighted by Gasteiger charge is -2.24. The predicted octanol–water partition coefficient (Wildman–Crippen LogP) is 4.55. The summed E-state index contributed by atoms with van der Waals surface area (Å²) in [5.74, 6) is 1.04. The summed E-state index contributed by atoms with van der Waals surface area (Å²) in [6.07, 6.45) is 0.352. The molecule has 0 amide bonds. The van der Waals surface area contributed by atoms with Crippen molar-refractivity contribution in [2.75, 3.05) is 26.3 Å². The van der Waals surface area contributed by atoms with Crippen molar-refractivity contribution >= 4 is 33.2 Å². The molecule has 3 rings (SSSR count). The average Bonchev–Trinajstić information content (AvgIpc) is 3.13. The van der Waals surface area contributed by atoms with Gasteiger partial charge in [-0.1, -0.05) is 44.5 Å². The van der Waals surface area contributed by atoms with E-state index in [1.165, 1.54) is 11.3 Å². The van der Waals surface area contributed by atoms with E-state index in [0.717, 1.165) is 24.1 Å². The second-order valence-electron chi connectivity index (χ2n) is 8.17. The zero-order valence-corrected chi connectivity index (χ0v) is 19.8. The molecule has 3 aromatic rings. The number of rotatable bonds is 11. The molecule has 0 aliphatic heterocycles. The van der Waals surface area contributed by atoms with E-state index in [1.807, 2.05) is 29.6 Å². The molecule has 6 nitrogen and oxygen atoms in total. The summed E-state index contributed by atoms with van der Waals surface area (Å²) < 4.78 is 5.56. The number of nitrogens with zero attached hydrogens (tertiary/aromatic N) is 2. The fourth-order valence-corrected chi connectivity index (χ4v) is 4.56. The number of aromatic nitrogens is 2. The normalized spacial score (nSPS) is 12.9. The first-order chi connectivity index (χ1) is 14.9. The number of benzene rings is 1. The third kappa shape index (κ3) is 6.60. The number of aliphatic hydroxyl groups is 1. The third-order valence-electron chi connectivity index (χ3n) is 4.79. The number of hydrogen-bond acceptors (Lipinski definition) is 6. The summed E-state index contributed by atoms with van der Waals surface area (Å²) in [5.41, 5.74) is 1.65. The molecule has 1 unspecified atom stereocenters. The van der Waals surface area contributed by atoms with E-state index in [4.69, 9.17) is 21.3 Å². The summed E-state index contributed by atoms with van der Waals surface area (Å²) in [6.45, 7) is 8.91. The number of hydrogen-bond donors (Lipinski definition) is 2. The van der Waals surface area contributed by atoms with Gasteiger partial charge in [0.1, 0.15) is 10.7 Å². The van der Waals surface area contributed by atoms with Gasteiger partial charge >= 0.3 is 0 Å². The zero-order chi connectivity index (χ0) is 22.4. The molecule has 2 heterocycles. The highest BCUT2D eigenvalue weighted by Gasteiger charge is 2.17. The molecule has 0 aliphatic carbocycles. The maximum Gasteiger partial charge on any atom is 0.260 e. The number of thiophene rings is 1. The van der Waals surface area contributed by atoms with Crippen molar-refractivity contribution in [2.45, 2.75) is 39.8 Å². The van der Waals surface area contributed by atoms with Crippen LogP contribution in [-0.2, 0) is 11.3 Å². The van der Waals surface area contributed by atoms with Gasteiger partial charge in [-0.05, 0) is 36.6 Å². The second-order valence-corrected chi connectivity index (χ2v) is 9.46. The van der Waals surface area contributed by atoms with E-state index in [1.54, 1.807) is 0 Å². The minimum Gasteiger partial charge on any atom is -0.389 e. The average molecular weight is 464 g/mol. The van der Waals surface area contributed by atoms with Crippen molar-refractivity contribution in [1.29, 1.82) is 0 Å². The molecule has 0 spiro atoms. The summed E-state index contributed by atoms with van der Waals surface area (Å²) in [6, 6.07) is 7.44. The minimum absolute atomic E-state index is 0.150. The fraction of sp³-hybridized carbons (Fsp3) is 0.478. The smallest absolute Gasteiger partial charge is 0.260 e. The molecular weight excluding hydrogens is 434 g/mol. The highest BCUT2D eigenvalue weighted by molar-refractivity contribution is 7.17. The van der Waals surface area contributed by atoms with Crippen LogP contribution in [0, 0.1) is 5.92 Å². The summed E-state index contributed by atoms with van der Waals surface area (Å²) in [5, 5.41) is 13.6. The Labute approximate surface area is 191 Å². The molecule has 1 atom stereocenters. The number of nitrogens with one attached hydrogen (secondary N) is 1. The number of H-pyrrole nitrogens is 1. The van der Waals surface area contributed by atoms with Gasteiger partial charge in [0.05, 0.1) is 24.6 Å². The SMILES string of the molecule is CCCN(Cc1nc2scc(-c3ccc(Cl)cc3)c2c(=O)[nH]1)CC(O)COCC(C)C. The molecule has 0 saturated carbocycles. The Morgan fingerprint density at radius 2 is 2.00 bits per heavy atom. The van der Waals surface area contributed by atoms with Gasteiger partial charge < -0.3 is 14.8 Å². The van der Waals surface area contributed by atoms with Crippen LogP contribution in [0.3, 0.4) is 0 Å². The van der Waals surface area contributed by atoms with Crippen LogP contribution in [0.1, 0.15) is 33.0 Å².